The highest BCUT2D eigenvalue weighted by atomic mass is 16.4. The third kappa shape index (κ3) is 3.35. The zero-order chi connectivity index (χ0) is 11.3. The van der Waals surface area contributed by atoms with E-state index in [2.05, 4.69) is 18.8 Å². The normalized spacial score (nSPS) is 14.5. The molecule has 0 saturated heterocycles. The highest BCUT2D eigenvalue weighted by Crippen LogP contribution is 2.28. The summed E-state index contributed by atoms with van der Waals surface area (Å²) in [5.41, 5.74) is 0.884. The van der Waals surface area contributed by atoms with Crippen molar-refractivity contribution in [2.24, 2.45) is 5.92 Å². The maximum absolute atomic E-state index is 10.8. The lowest BCUT2D eigenvalue weighted by atomic mass is 9.86. The van der Waals surface area contributed by atoms with E-state index in [0.29, 0.717) is 5.92 Å². The zero-order valence-corrected chi connectivity index (χ0v) is 9.18. The number of carboxylic acids is 1. The van der Waals surface area contributed by atoms with Crippen LogP contribution in [0, 0.1) is 5.92 Å². The van der Waals surface area contributed by atoms with Crippen LogP contribution in [-0.2, 0) is 4.79 Å². The fourth-order valence-electron chi connectivity index (χ4n) is 1.67. The Bertz CT molecular complexity index is 311. The van der Waals surface area contributed by atoms with Crippen LogP contribution in [0.3, 0.4) is 0 Å². The topological polar surface area (TPSA) is 50.2 Å². The van der Waals surface area contributed by atoms with E-state index in [1.54, 1.807) is 6.20 Å². The number of pyridine rings is 1. The van der Waals surface area contributed by atoms with Crippen molar-refractivity contribution in [2.75, 3.05) is 0 Å². The van der Waals surface area contributed by atoms with Gasteiger partial charge in [0.1, 0.15) is 0 Å². The maximum Gasteiger partial charge on any atom is 0.304 e. The SMILES string of the molecule is CCC(C)C(CC(=O)O)c1ccccn1. The van der Waals surface area contributed by atoms with E-state index < -0.39 is 5.97 Å². The van der Waals surface area contributed by atoms with Crippen LogP contribution in [0.15, 0.2) is 24.4 Å². The fraction of sp³-hybridized carbons (Fsp3) is 0.500. The van der Waals surface area contributed by atoms with Gasteiger partial charge in [0.05, 0.1) is 6.42 Å². The van der Waals surface area contributed by atoms with Gasteiger partial charge >= 0.3 is 5.97 Å². The molecule has 1 rings (SSSR count). The zero-order valence-electron chi connectivity index (χ0n) is 9.18. The van der Waals surface area contributed by atoms with E-state index in [9.17, 15) is 4.79 Å². The van der Waals surface area contributed by atoms with E-state index in [1.165, 1.54) is 0 Å². The summed E-state index contributed by atoms with van der Waals surface area (Å²) in [5, 5.41) is 8.86. The third-order valence-electron chi connectivity index (χ3n) is 2.79. The van der Waals surface area contributed by atoms with Gasteiger partial charge in [0, 0.05) is 17.8 Å². The first-order valence-electron chi connectivity index (χ1n) is 5.27. The largest absolute Gasteiger partial charge is 0.481 e. The highest BCUT2D eigenvalue weighted by molar-refractivity contribution is 5.67. The molecule has 1 N–H and O–H groups in total. The fourth-order valence-corrected chi connectivity index (χ4v) is 1.67. The van der Waals surface area contributed by atoms with Crippen LogP contribution >= 0.6 is 0 Å². The number of aromatic nitrogens is 1. The first kappa shape index (κ1) is 11.7. The number of hydrogen-bond donors (Lipinski definition) is 1. The van der Waals surface area contributed by atoms with Crippen molar-refractivity contribution >= 4 is 5.97 Å². The van der Waals surface area contributed by atoms with Crippen LogP contribution in [0.5, 0.6) is 0 Å². The van der Waals surface area contributed by atoms with Crippen molar-refractivity contribution < 1.29 is 9.90 Å². The predicted molar refractivity (Wildman–Crippen MR) is 58.7 cm³/mol. The summed E-state index contributed by atoms with van der Waals surface area (Å²) in [5.74, 6) is -0.393. The minimum absolute atomic E-state index is 0.0219. The molecule has 0 radical (unpaired) electrons. The summed E-state index contributed by atoms with van der Waals surface area (Å²) in [7, 11) is 0. The lowest BCUT2D eigenvalue weighted by Gasteiger charge is -2.20. The molecule has 15 heavy (non-hydrogen) atoms. The summed E-state index contributed by atoms with van der Waals surface area (Å²) in [6.07, 6.45) is 2.84. The van der Waals surface area contributed by atoms with Gasteiger partial charge in [-0.3, -0.25) is 9.78 Å². The molecule has 0 amide bonds. The second-order valence-corrected chi connectivity index (χ2v) is 3.84. The van der Waals surface area contributed by atoms with Gasteiger partial charge in [-0.15, -0.1) is 0 Å². The van der Waals surface area contributed by atoms with Crippen molar-refractivity contribution in [3.05, 3.63) is 30.1 Å². The minimum Gasteiger partial charge on any atom is -0.481 e. The number of carboxylic acid groups (broad SMARTS) is 1. The van der Waals surface area contributed by atoms with Gasteiger partial charge in [-0.05, 0) is 18.1 Å². The first-order valence-corrected chi connectivity index (χ1v) is 5.27. The summed E-state index contributed by atoms with van der Waals surface area (Å²) in [4.78, 5) is 15.0. The summed E-state index contributed by atoms with van der Waals surface area (Å²) in [6, 6.07) is 5.65. The Morgan fingerprint density at radius 2 is 2.27 bits per heavy atom. The Labute approximate surface area is 90.2 Å². The van der Waals surface area contributed by atoms with Gasteiger partial charge in [-0.1, -0.05) is 26.3 Å². The van der Waals surface area contributed by atoms with Gasteiger partial charge in [0.15, 0.2) is 0 Å². The lowest BCUT2D eigenvalue weighted by Crippen LogP contribution is -2.15. The number of nitrogens with zero attached hydrogens (tertiary/aromatic N) is 1. The molecule has 0 spiro atoms. The van der Waals surface area contributed by atoms with Gasteiger partial charge in [0.25, 0.3) is 0 Å². The predicted octanol–water partition coefficient (Wildman–Crippen LogP) is 2.69. The van der Waals surface area contributed by atoms with Crippen LogP contribution in [0.2, 0.25) is 0 Å². The minimum atomic E-state index is -0.758. The van der Waals surface area contributed by atoms with E-state index in [1.807, 2.05) is 18.2 Å². The standard InChI is InChI=1S/C12H17NO2/c1-3-9(2)10(8-12(14)15)11-6-4-5-7-13-11/h4-7,9-10H,3,8H2,1-2H3,(H,14,15). The average molecular weight is 207 g/mol. The molecule has 0 fully saturated rings. The molecule has 1 aromatic heterocycles. The molecule has 0 bridgehead atoms. The number of rotatable bonds is 5. The molecule has 2 atom stereocenters. The van der Waals surface area contributed by atoms with Crippen LogP contribution in [0.25, 0.3) is 0 Å². The molecule has 3 nitrogen and oxygen atoms in total. The Balaban J connectivity index is 2.86. The van der Waals surface area contributed by atoms with Crippen LogP contribution in [0.4, 0.5) is 0 Å². The Morgan fingerprint density at radius 3 is 2.73 bits per heavy atom. The molecule has 0 aliphatic rings. The third-order valence-corrected chi connectivity index (χ3v) is 2.79. The van der Waals surface area contributed by atoms with Crippen molar-refractivity contribution in [3.63, 3.8) is 0 Å². The molecule has 82 valence electrons. The lowest BCUT2D eigenvalue weighted by molar-refractivity contribution is -0.137. The molecule has 0 saturated carbocycles. The molecule has 2 unspecified atom stereocenters. The second-order valence-electron chi connectivity index (χ2n) is 3.84. The summed E-state index contributed by atoms with van der Waals surface area (Å²) in [6.45, 7) is 4.14. The number of aliphatic carboxylic acids is 1. The van der Waals surface area contributed by atoms with Gasteiger partial charge in [0.2, 0.25) is 0 Å². The molecule has 3 heteroatoms. The molecule has 0 aliphatic heterocycles. The van der Waals surface area contributed by atoms with Crippen LogP contribution < -0.4 is 0 Å². The number of carbonyl (C=O) groups is 1. The maximum atomic E-state index is 10.8. The Hall–Kier alpha value is -1.38. The molecule has 1 heterocycles. The van der Waals surface area contributed by atoms with E-state index in [-0.39, 0.29) is 12.3 Å². The first-order chi connectivity index (χ1) is 7.15. The van der Waals surface area contributed by atoms with Crippen LogP contribution in [-0.4, -0.2) is 16.1 Å². The highest BCUT2D eigenvalue weighted by Gasteiger charge is 2.21. The van der Waals surface area contributed by atoms with E-state index in [0.717, 1.165) is 12.1 Å². The van der Waals surface area contributed by atoms with Gasteiger partial charge in [-0.2, -0.15) is 0 Å². The van der Waals surface area contributed by atoms with Gasteiger partial charge < -0.3 is 5.11 Å². The number of hydrogen-bond acceptors (Lipinski definition) is 2. The summed E-state index contributed by atoms with van der Waals surface area (Å²) >= 11 is 0. The molecule has 0 aliphatic carbocycles. The monoisotopic (exact) mass is 207 g/mol. The Kier molecular flexibility index (Phi) is 4.28. The molecular weight excluding hydrogens is 190 g/mol. The van der Waals surface area contributed by atoms with Gasteiger partial charge in [-0.25, -0.2) is 0 Å². The average Bonchev–Trinajstić information content (AvgIpc) is 2.26. The summed E-state index contributed by atoms with van der Waals surface area (Å²) < 4.78 is 0. The quantitative estimate of drug-likeness (QED) is 0.807. The smallest absolute Gasteiger partial charge is 0.304 e. The molecule has 0 aromatic carbocycles. The second kappa shape index (κ2) is 5.49. The van der Waals surface area contributed by atoms with Crippen molar-refractivity contribution in [1.29, 1.82) is 0 Å². The molecular formula is C12H17NO2. The van der Waals surface area contributed by atoms with Crippen LogP contribution in [0.1, 0.15) is 38.3 Å². The van der Waals surface area contributed by atoms with E-state index >= 15 is 0 Å². The van der Waals surface area contributed by atoms with E-state index in [4.69, 9.17) is 5.11 Å². The Morgan fingerprint density at radius 1 is 1.53 bits per heavy atom. The molecule has 1 aromatic rings. The van der Waals surface area contributed by atoms with Crippen molar-refractivity contribution in [3.8, 4) is 0 Å². The van der Waals surface area contributed by atoms with Crippen molar-refractivity contribution in [2.45, 2.75) is 32.6 Å². The van der Waals surface area contributed by atoms with Crippen molar-refractivity contribution in [1.82, 2.24) is 4.98 Å².